The molecule has 0 saturated heterocycles. The molecule has 0 bridgehead atoms. The van der Waals surface area contributed by atoms with Crippen LogP contribution in [0.15, 0.2) is 48.5 Å². The van der Waals surface area contributed by atoms with Crippen LogP contribution in [0.4, 0.5) is 5.69 Å². The van der Waals surface area contributed by atoms with Crippen molar-refractivity contribution in [3.63, 3.8) is 0 Å². The van der Waals surface area contributed by atoms with Gasteiger partial charge in [0.05, 0.1) is 0 Å². The first kappa shape index (κ1) is 18.0. The van der Waals surface area contributed by atoms with Gasteiger partial charge in [0.25, 0.3) is 5.91 Å². The molecule has 0 aromatic heterocycles. The van der Waals surface area contributed by atoms with Crippen molar-refractivity contribution in [1.29, 1.82) is 0 Å². The van der Waals surface area contributed by atoms with Gasteiger partial charge in [-0.15, -0.1) is 0 Å². The van der Waals surface area contributed by atoms with Gasteiger partial charge >= 0.3 is 5.97 Å². The van der Waals surface area contributed by atoms with E-state index in [1.807, 2.05) is 43.3 Å². The zero-order valence-electron chi connectivity index (χ0n) is 14.9. The molecular formula is C21H23NO4. The molecule has 5 heteroatoms. The molecule has 2 aromatic carbocycles. The van der Waals surface area contributed by atoms with Gasteiger partial charge in [-0.1, -0.05) is 31.2 Å². The third kappa shape index (κ3) is 4.63. The number of aryl methyl sites for hydroxylation is 2. The van der Waals surface area contributed by atoms with Crippen molar-refractivity contribution in [3.05, 3.63) is 59.7 Å². The number of esters is 1. The van der Waals surface area contributed by atoms with E-state index in [1.54, 1.807) is 12.1 Å². The lowest BCUT2D eigenvalue weighted by Crippen LogP contribution is -2.31. The van der Waals surface area contributed by atoms with Gasteiger partial charge in [-0.2, -0.15) is 0 Å². The van der Waals surface area contributed by atoms with E-state index in [0.717, 1.165) is 24.9 Å². The summed E-state index contributed by atoms with van der Waals surface area (Å²) in [5.74, 6) is -0.301. The smallest absolute Gasteiger partial charge is 0.347 e. The molecule has 1 atom stereocenters. The monoisotopic (exact) mass is 353 g/mol. The average Bonchev–Trinajstić information content (AvgIpc) is 3.13. The summed E-state index contributed by atoms with van der Waals surface area (Å²) in [5.41, 5.74) is 3.36. The third-order valence-electron chi connectivity index (χ3n) is 4.38. The number of rotatable bonds is 7. The lowest BCUT2D eigenvalue weighted by Gasteiger charge is -2.16. The molecule has 0 fully saturated rings. The highest BCUT2D eigenvalue weighted by Gasteiger charge is 2.21. The van der Waals surface area contributed by atoms with Crippen LogP contribution in [-0.2, 0) is 27.2 Å². The lowest BCUT2D eigenvalue weighted by molar-refractivity contribution is -0.154. The van der Waals surface area contributed by atoms with Crippen LogP contribution in [0.5, 0.6) is 5.75 Å². The highest BCUT2D eigenvalue weighted by Crippen LogP contribution is 2.24. The third-order valence-corrected chi connectivity index (χ3v) is 4.38. The molecule has 1 amide bonds. The predicted molar refractivity (Wildman–Crippen MR) is 99.2 cm³/mol. The zero-order chi connectivity index (χ0) is 18.4. The van der Waals surface area contributed by atoms with Crippen molar-refractivity contribution >= 4 is 17.6 Å². The van der Waals surface area contributed by atoms with Crippen LogP contribution in [0.25, 0.3) is 0 Å². The normalized spacial score (nSPS) is 13.6. The van der Waals surface area contributed by atoms with Crippen LogP contribution in [0.2, 0.25) is 0 Å². The SMILES string of the molecule is CC[C@@H](Oc1ccccc1)C(=O)OCC(=O)Nc1ccc2c(c1)CCC2. The number of para-hydroxylation sites is 1. The van der Waals surface area contributed by atoms with Gasteiger partial charge in [0, 0.05) is 5.69 Å². The second-order valence-electron chi connectivity index (χ2n) is 6.32. The minimum Gasteiger partial charge on any atom is -0.479 e. The molecule has 5 nitrogen and oxygen atoms in total. The molecule has 1 N–H and O–H groups in total. The summed E-state index contributed by atoms with van der Waals surface area (Å²) >= 11 is 0. The Morgan fingerprint density at radius 1 is 1.08 bits per heavy atom. The fourth-order valence-corrected chi connectivity index (χ4v) is 3.04. The number of fused-ring (bicyclic) bond motifs is 1. The minimum atomic E-state index is -0.731. The molecular weight excluding hydrogens is 330 g/mol. The molecule has 0 heterocycles. The average molecular weight is 353 g/mol. The van der Waals surface area contributed by atoms with E-state index in [1.165, 1.54) is 11.1 Å². The van der Waals surface area contributed by atoms with Gasteiger partial charge in [-0.05, 0) is 61.1 Å². The molecule has 0 saturated carbocycles. The van der Waals surface area contributed by atoms with Crippen molar-refractivity contribution in [2.45, 2.75) is 38.7 Å². The predicted octanol–water partition coefficient (Wildman–Crippen LogP) is 3.51. The summed E-state index contributed by atoms with van der Waals surface area (Å²) in [6, 6.07) is 15.0. The minimum absolute atomic E-state index is 0.329. The summed E-state index contributed by atoms with van der Waals surface area (Å²) in [6.45, 7) is 1.50. The van der Waals surface area contributed by atoms with E-state index >= 15 is 0 Å². The molecule has 1 aliphatic carbocycles. The van der Waals surface area contributed by atoms with Gasteiger partial charge in [-0.25, -0.2) is 4.79 Å². The fraction of sp³-hybridized carbons (Fsp3) is 0.333. The topological polar surface area (TPSA) is 64.6 Å². The Balaban J connectivity index is 1.49. The number of nitrogens with one attached hydrogen (secondary N) is 1. The molecule has 3 rings (SSSR count). The summed E-state index contributed by atoms with van der Waals surface area (Å²) in [5, 5.41) is 2.78. The van der Waals surface area contributed by atoms with Gasteiger partial charge in [0.1, 0.15) is 5.75 Å². The van der Waals surface area contributed by atoms with E-state index in [2.05, 4.69) is 5.32 Å². The summed E-state index contributed by atoms with van der Waals surface area (Å²) in [6.07, 6.45) is 3.03. The molecule has 1 aliphatic rings. The molecule has 0 spiro atoms. The van der Waals surface area contributed by atoms with Crippen molar-refractivity contribution in [2.24, 2.45) is 0 Å². The maximum absolute atomic E-state index is 12.2. The Kier molecular flexibility index (Phi) is 5.89. The van der Waals surface area contributed by atoms with Gasteiger partial charge in [0.2, 0.25) is 0 Å². The number of benzene rings is 2. The van der Waals surface area contributed by atoms with Crippen LogP contribution in [-0.4, -0.2) is 24.6 Å². The second-order valence-corrected chi connectivity index (χ2v) is 6.32. The standard InChI is InChI=1S/C21H23NO4/c1-2-19(26-18-9-4-3-5-10-18)21(24)25-14-20(23)22-17-12-11-15-7-6-8-16(15)13-17/h3-5,9-13,19H,2,6-8,14H2,1H3,(H,22,23)/t19-/m1/s1. The van der Waals surface area contributed by atoms with Gasteiger partial charge in [-0.3, -0.25) is 4.79 Å². The molecule has 0 aliphatic heterocycles. The van der Waals surface area contributed by atoms with E-state index in [9.17, 15) is 9.59 Å². The first-order valence-electron chi connectivity index (χ1n) is 8.95. The highest BCUT2D eigenvalue weighted by atomic mass is 16.6. The molecule has 0 unspecified atom stereocenters. The van der Waals surface area contributed by atoms with E-state index in [-0.39, 0.29) is 12.5 Å². The number of amides is 1. The quantitative estimate of drug-likeness (QED) is 0.774. The summed E-state index contributed by atoms with van der Waals surface area (Å²) < 4.78 is 10.7. The summed E-state index contributed by atoms with van der Waals surface area (Å²) in [7, 11) is 0. The number of hydrogen-bond acceptors (Lipinski definition) is 4. The number of carbonyl (C=O) groups is 2. The van der Waals surface area contributed by atoms with Crippen LogP contribution in [0, 0.1) is 0 Å². The maximum atomic E-state index is 12.2. The number of hydrogen-bond donors (Lipinski definition) is 1. The van der Waals surface area contributed by atoms with Crippen molar-refractivity contribution in [1.82, 2.24) is 0 Å². The fourth-order valence-electron chi connectivity index (χ4n) is 3.04. The van der Waals surface area contributed by atoms with E-state index in [4.69, 9.17) is 9.47 Å². The Morgan fingerprint density at radius 3 is 2.62 bits per heavy atom. The lowest BCUT2D eigenvalue weighted by atomic mass is 10.1. The molecule has 2 aromatic rings. The van der Waals surface area contributed by atoms with E-state index < -0.39 is 12.1 Å². The Labute approximate surface area is 153 Å². The second kappa shape index (κ2) is 8.52. The van der Waals surface area contributed by atoms with Gasteiger partial charge in [0.15, 0.2) is 12.7 Å². The first-order valence-corrected chi connectivity index (χ1v) is 8.95. The van der Waals surface area contributed by atoms with Gasteiger partial charge < -0.3 is 14.8 Å². The molecule has 136 valence electrons. The summed E-state index contributed by atoms with van der Waals surface area (Å²) in [4.78, 5) is 24.2. The maximum Gasteiger partial charge on any atom is 0.347 e. The number of anilines is 1. The van der Waals surface area contributed by atoms with Crippen LogP contribution < -0.4 is 10.1 Å². The first-order chi connectivity index (χ1) is 12.7. The van der Waals surface area contributed by atoms with Crippen LogP contribution in [0.1, 0.15) is 30.9 Å². The highest BCUT2D eigenvalue weighted by molar-refractivity contribution is 5.93. The largest absolute Gasteiger partial charge is 0.479 e. The Hall–Kier alpha value is -2.82. The van der Waals surface area contributed by atoms with Crippen LogP contribution >= 0.6 is 0 Å². The van der Waals surface area contributed by atoms with Crippen molar-refractivity contribution < 1.29 is 19.1 Å². The number of ether oxygens (including phenoxy) is 2. The number of carbonyl (C=O) groups excluding carboxylic acids is 2. The Morgan fingerprint density at radius 2 is 1.85 bits per heavy atom. The van der Waals surface area contributed by atoms with Crippen LogP contribution in [0.3, 0.4) is 0 Å². The van der Waals surface area contributed by atoms with Crippen molar-refractivity contribution in [2.75, 3.05) is 11.9 Å². The van der Waals surface area contributed by atoms with Crippen molar-refractivity contribution in [3.8, 4) is 5.75 Å². The zero-order valence-corrected chi connectivity index (χ0v) is 14.9. The molecule has 0 radical (unpaired) electrons. The Bertz CT molecular complexity index is 773. The molecule has 26 heavy (non-hydrogen) atoms. The van der Waals surface area contributed by atoms with E-state index in [0.29, 0.717) is 12.2 Å².